The molecule has 3 aromatic carbocycles. The first kappa shape index (κ1) is 81.4. The molecule has 11 amide bonds. The third kappa shape index (κ3) is 28.1. The molecule has 0 aliphatic carbocycles. The molecule has 1 aliphatic rings. The van der Waals surface area contributed by atoms with Crippen LogP contribution < -0.4 is 64.6 Å². The summed E-state index contributed by atoms with van der Waals surface area (Å²) < 4.78 is 0. The van der Waals surface area contributed by atoms with Crippen LogP contribution in [0.3, 0.4) is 0 Å². The van der Waals surface area contributed by atoms with Gasteiger partial charge in [0.05, 0.1) is 19.0 Å². The molecule has 0 aromatic heterocycles. The van der Waals surface area contributed by atoms with E-state index in [-0.39, 0.29) is 74.6 Å². The monoisotopic (exact) mass is 1420 g/mol. The Bertz CT molecular complexity index is 3340. The van der Waals surface area contributed by atoms with Crippen LogP contribution in [0.5, 0.6) is 11.5 Å². The molecule has 1 aliphatic heterocycles. The summed E-state index contributed by atoms with van der Waals surface area (Å²) in [6.07, 6.45) is -3.53. The number of hydrogen-bond donors (Lipinski definition) is 20. The SMILES string of the molecule is C[C@H](NC(=O)CNC(=O)[C@H](CCC(=O)O)NC(=O)[C@H](CCC(=O)O)NC(=O)[C@H](CC(=O)O)NC(=O)[C@@H]1CCCN1C(=O)[C@H](Cc1ccccc1)NC(=O)[C@H](CS)NC(=O)[C@@H](N)Cc1ccc(O)cc1)C(=O)N[C@@H](CS)C(=O)N[C@@H](Cc1ccc(O)cc1)C(=O)N[C@@H](CCCCN)C(=O)O. The molecule has 0 spiro atoms. The Kier molecular flexibility index (Phi) is 33.9. The average molecular weight is 1420 g/mol. The first-order valence-corrected chi connectivity index (χ1v) is 32.7. The second kappa shape index (κ2) is 41.2. The van der Waals surface area contributed by atoms with Gasteiger partial charge in [-0.25, -0.2) is 4.79 Å². The summed E-state index contributed by atoms with van der Waals surface area (Å²) in [6.45, 7) is 0.436. The molecule has 0 unspecified atom stereocenters. The van der Waals surface area contributed by atoms with Crippen molar-refractivity contribution in [3.05, 3.63) is 95.6 Å². The molecule has 99 heavy (non-hydrogen) atoms. The molecule has 1 saturated heterocycles. The van der Waals surface area contributed by atoms with E-state index in [9.17, 15) is 103 Å². The number of nitrogens with one attached hydrogen (secondary N) is 10. The number of carboxylic acids is 4. The highest BCUT2D eigenvalue weighted by atomic mass is 32.1. The molecule has 0 saturated carbocycles. The Morgan fingerprint density at radius 3 is 1.47 bits per heavy atom. The van der Waals surface area contributed by atoms with Crippen molar-refractivity contribution in [3.8, 4) is 11.5 Å². The Morgan fingerprint density at radius 2 is 0.949 bits per heavy atom. The van der Waals surface area contributed by atoms with E-state index >= 15 is 0 Å². The summed E-state index contributed by atoms with van der Waals surface area (Å²) in [7, 11) is 0. The number of benzene rings is 3. The molecule has 11 atom stereocenters. The quantitative estimate of drug-likeness (QED) is 0.0191. The zero-order valence-electron chi connectivity index (χ0n) is 53.9. The highest BCUT2D eigenvalue weighted by Crippen LogP contribution is 2.21. The van der Waals surface area contributed by atoms with E-state index < -0.39 is 194 Å². The zero-order chi connectivity index (χ0) is 73.5. The van der Waals surface area contributed by atoms with Crippen LogP contribution in [0, 0.1) is 0 Å². The number of carboxylic acid groups (broad SMARTS) is 4. The van der Waals surface area contributed by atoms with Crippen LogP contribution in [0.1, 0.15) is 87.8 Å². The number of hydrogen-bond acceptors (Lipinski definition) is 21. The van der Waals surface area contributed by atoms with Gasteiger partial charge in [-0.1, -0.05) is 54.6 Å². The maximum Gasteiger partial charge on any atom is 0.326 e. The fourth-order valence-electron chi connectivity index (χ4n) is 10.1. The van der Waals surface area contributed by atoms with Gasteiger partial charge in [0.15, 0.2) is 0 Å². The number of nitrogens with zero attached hydrogens (tertiary/aromatic N) is 1. The Labute approximate surface area is 578 Å². The van der Waals surface area contributed by atoms with Crippen molar-refractivity contribution in [2.75, 3.05) is 31.1 Å². The minimum Gasteiger partial charge on any atom is -0.508 e. The third-order valence-electron chi connectivity index (χ3n) is 15.4. The number of amides is 11. The van der Waals surface area contributed by atoms with Crippen molar-refractivity contribution in [1.82, 2.24) is 58.1 Å². The summed E-state index contributed by atoms with van der Waals surface area (Å²) in [6, 6.07) is 3.04. The number of carbonyl (C=O) groups excluding carboxylic acids is 11. The van der Waals surface area contributed by atoms with Crippen molar-refractivity contribution in [1.29, 1.82) is 0 Å². The van der Waals surface area contributed by atoms with Crippen LogP contribution in [0.4, 0.5) is 0 Å². The fraction of sp³-hybridized carbons (Fsp3) is 0.476. The van der Waals surface area contributed by atoms with Crippen LogP contribution in [-0.2, 0) is 91.2 Å². The van der Waals surface area contributed by atoms with E-state index in [1.54, 1.807) is 42.5 Å². The molecule has 1 heterocycles. The standard InChI is InChI=1S/C63H85N13O21S2/c1-33(53(86)74-46(31-98)59(92)71-43(27-36-14-18-38(78)19-15-36)57(90)70-42(63(96)97)10-5-6-24-64)67-49(79)30-66-55(88)40(20-22-50(80)81)68-56(89)41(21-23-51(82)83)69-58(91)44(29-52(84)85)72-61(94)48-11-7-25-76(48)62(95)45(28-34-8-3-2-4-9-34)73-60(93)47(32-99)75-54(87)39(65)26-35-12-16-37(77)17-13-35/h2-4,8-9,12-19,33,39-48,77-78,98-99H,5-7,10-11,20-32,64-65H2,1H3,(H,66,88)(H,67,79)(H,68,89)(H,69,91)(H,70,90)(H,71,92)(H,72,94)(H,73,93)(H,74,86)(H,75,87)(H,80,81)(H,82,83)(H,84,85)(H,96,97)/t33-,39-,40-,41-,42-,43-,44-,45-,46-,47-,48-/m0/s1. The van der Waals surface area contributed by atoms with Crippen molar-refractivity contribution >= 4 is 114 Å². The van der Waals surface area contributed by atoms with Gasteiger partial charge >= 0.3 is 23.9 Å². The molecule has 20 N–H and O–H groups in total. The highest BCUT2D eigenvalue weighted by Gasteiger charge is 2.41. The van der Waals surface area contributed by atoms with Crippen LogP contribution in [-0.4, -0.2) is 222 Å². The van der Waals surface area contributed by atoms with Gasteiger partial charge in [-0.2, -0.15) is 25.3 Å². The number of thiol groups is 2. The molecule has 4 rings (SSSR count). The van der Waals surface area contributed by atoms with Crippen molar-refractivity contribution in [2.45, 2.75) is 157 Å². The summed E-state index contributed by atoms with van der Waals surface area (Å²) in [5, 5.41) is 81.7. The lowest BCUT2D eigenvalue weighted by Crippen LogP contribution is -2.60. The molecule has 0 bridgehead atoms. The Hall–Kier alpha value is -10.1. The number of phenolic OH excluding ortho intramolecular Hbond substituents is 2. The molecule has 36 heteroatoms. The van der Waals surface area contributed by atoms with Gasteiger partial charge in [-0.05, 0) is 106 Å². The lowest BCUT2D eigenvalue weighted by atomic mass is 10.0. The molecule has 1 fully saturated rings. The molecular weight excluding hydrogens is 1340 g/mol. The van der Waals surface area contributed by atoms with E-state index in [0.717, 1.165) is 4.90 Å². The number of unbranched alkanes of at least 4 members (excludes halogenated alkanes) is 1. The largest absolute Gasteiger partial charge is 0.508 e. The fourth-order valence-corrected chi connectivity index (χ4v) is 10.6. The van der Waals surface area contributed by atoms with E-state index in [2.05, 4.69) is 78.4 Å². The molecule has 3 aromatic rings. The number of aliphatic carboxylic acids is 4. The molecule has 34 nitrogen and oxygen atoms in total. The zero-order valence-corrected chi connectivity index (χ0v) is 55.7. The average Bonchev–Trinajstić information content (AvgIpc) is 1.80. The minimum atomic E-state index is -2.03. The van der Waals surface area contributed by atoms with Gasteiger partial charge in [0.25, 0.3) is 0 Å². The predicted octanol–water partition coefficient (Wildman–Crippen LogP) is -3.78. The van der Waals surface area contributed by atoms with E-state index in [1.165, 1.54) is 43.3 Å². The minimum absolute atomic E-state index is 0.00806. The number of rotatable bonds is 42. The van der Waals surface area contributed by atoms with Crippen molar-refractivity contribution < 1.29 is 103 Å². The molecule has 540 valence electrons. The van der Waals surface area contributed by atoms with Crippen LogP contribution in [0.15, 0.2) is 78.9 Å². The molecule has 0 radical (unpaired) electrons. The van der Waals surface area contributed by atoms with Gasteiger partial charge in [0.2, 0.25) is 65.0 Å². The molecular formula is C63H85N13O21S2. The lowest BCUT2D eigenvalue weighted by Gasteiger charge is -2.31. The van der Waals surface area contributed by atoms with Gasteiger partial charge < -0.3 is 100 Å². The normalized spacial score (nSPS) is 15.5. The Morgan fingerprint density at radius 1 is 0.495 bits per heavy atom. The third-order valence-corrected chi connectivity index (χ3v) is 16.2. The van der Waals surface area contributed by atoms with Crippen molar-refractivity contribution in [3.63, 3.8) is 0 Å². The van der Waals surface area contributed by atoms with E-state index in [4.69, 9.17) is 11.5 Å². The number of carbonyl (C=O) groups is 15. The summed E-state index contributed by atoms with van der Waals surface area (Å²) in [5.41, 5.74) is 13.3. The maximum absolute atomic E-state index is 14.6. The van der Waals surface area contributed by atoms with E-state index in [0.29, 0.717) is 29.5 Å². The van der Waals surface area contributed by atoms with E-state index in [1.807, 2.05) is 0 Å². The first-order valence-electron chi connectivity index (χ1n) is 31.4. The lowest BCUT2D eigenvalue weighted by molar-refractivity contribution is -0.144. The van der Waals surface area contributed by atoms with Gasteiger partial charge in [-0.3, -0.25) is 67.1 Å². The smallest absolute Gasteiger partial charge is 0.326 e. The number of nitrogens with two attached hydrogens (primary N) is 2. The second-order valence-electron chi connectivity index (χ2n) is 23.2. The summed E-state index contributed by atoms with van der Waals surface area (Å²) in [4.78, 5) is 200. The second-order valence-corrected chi connectivity index (χ2v) is 23.9. The number of likely N-dealkylation sites (tertiary alicyclic amines) is 1. The number of aromatic hydroxyl groups is 2. The van der Waals surface area contributed by atoms with Crippen LogP contribution in [0.2, 0.25) is 0 Å². The van der Waals surface area contributed by atoms with Crippen molar-refractivity contribution in [2.24, 2.45) is 11.5 Å². The highest BCUT2D eigenvalue weighted by molar-refractivity contribution is 7.80. The first-order chi connectivity index (χ1) is 46.9. The topological polar surface area (TPSA) is 553 Å². The predicted molar refractivity (Wildman–Crippen MR) is 357 cm³/mol. The summed E-state index contributed by atoms with van der Waals surface area (Å²) in [5.74, 6) is -18.0. The summed E-state index contributed by atoms with van der Waals surface area (Å²) >= 11 is 8.39. The van der Waals surface area contributed by atoms with Crippen LogP contribution in [0.25, 0.3) is 0 Å². The van der Waals surface area contributed by atoms with Gasteiger partial charge in [-0.15, -0.1) is 0 Å². The van der Waals surface area contributed by atoms with Crippen LogP contribution >= 0.6 is 25.3 Å². The Balaban J connectivity index is 1.44. The maximum atomic E-state index is 14.6. The van der Waals surface area contributed by atoms with Gasteiger partial charge in [0, 0.05) is 43.7 Å². The van der Waals surface area contributed by atoms with Gasteiger partial charge in [0.1, 0.15) is 71.9 Å². The number of phenols is 2.